The summed E-state index contributed by atoms with van der Waals surface area (Å²) in [7, 11) is 0. The van der Waals surface area contributed by atoms with Crippen molar-refractivity contribution in [3.63, 3.8) is 0 Å². The van der Waals surface area contributed by atoms with E-state index >= 15 is 0 Å². The van der Waals surface area contributed by atoms with E-state index in [1.165, 1.54) is 6.33 Å². The number of benzene rings is 2. The number of hydrogen-bond donors (Lipinski definition) is 2. The Bertz CT molecular complexity index is 898. The average molecular weight is 279 g/mol. The van der Waals surface area contributed by atoms with Gasteiger partial charge in [-0.1, -0.05) is 0 Å². The van der Waals surface area contributed by atoms with Crippen molar-refractivity contribution >= 4 is 28.0 Å². The third-order valence-electron chi connectivity index (χ3n) is 3.13. The van der Waals surface area contributed by atoms with Gasteiger partial charge in [0.05, 0.1) is 28.6 Å². The summed E-state index contributed by atoms with van der Waals surface area (Å²) in [6.45, 7) is 1.92. The van der Waals surface area contributed by atoms with E-state index < -0.39 is 0 Å². The maximum absolute atomic E-state index is 11.7. The van der Waals surface area contributed by atoms with Crippen molar-refractivity contribution in [2.45, 2.75) is 6.92 Å². The molecule has 1 aromatic heterocycles. The summed E-state index contributed by atoms with van der Waals surface area (Å²) in [6.07, 6.45) is 1.38. The summed E-state index contributed by atoms with van der Waals surface area (Å²) >= 11 is 0. The largest absolute Gasteiger partial charge is 0.399 e. The Kier molecular flexibility index (Phi) is 3.19. The number of nitrogens with zero attached hydrogens (tertiary/aromatic N) is 3. The minimum atomic E-state index is -0.288. The number of nitrogens with two attached hydrogens (primary N) is 1. The van der Waals surface area contributed by atoms with Gasteiger partial charge >= 0.3 is 0 Å². The zero-order chi connectivity index (χ0) is 14.8. The lowest BCUT2D eigenvalue weighted by Crippen LogP contribution is -2.05. The van der Waals surface area contributed by atoms with Gasteiger partial charge in [0, 0.05) is 5.69 Å². The first-order chi connectivity index (χ1) is 10.1. The van der Waals surface area contributed by atoms with Crippen LogP contribution in [0, 0.1) is 6.92 Å². The summed E-state index contributed by atoms with van der Waals surface area (Å²) in [5.74, 6) is 0. The minimum absolute atomic E-state index is 0.288. The van der Waals surface area contributed by atoms with Gasteiger partial charge in [-0.25, -0.2) is 0 Å². The SMILES string of the molecule is Cc1cc(N)ccc1N=Nc1ccc2[nH]cnc(=O)c2c1. The van der Waals surface area contributed by atoms with Crippen LogP contribution in [-0.4, -0.2) is 9.97 Å². The van der Waals surface area contributed by atoms with Gasteiger partial charge in [-0.15, -0.1) is 0 Å². The Balaban J connectivity index is 1.99. The van der Waals surface area contributed by atoms with Gasteiger partial charge in [0.25, 0.3) is 5.56 Å². The van der Waals surface area contributed by atoms with Crippen LogP contribution >= 0.6 is 0 Å². The van der Waals surface area contributed by atoms with E-state index in [4.69, 9.17) is 5.73 Å². The molecule has 0 amide bonds. The normalized spacial score (nSPS) is 11.3. The van der Waals surface area contributed by atoms with Crippen molar-refractivity contribution in [2.75, 3.05) is 5.73 Å². The number of azo groups is 1. The number of nitrogen functional groups attached to an aromatic ring is 1. The lowest BCUT2D eigenvalue weighted by molar-refractivity contribution is 1.16. The van der Waals surface area contributed by atoms with Gasteiger partial charge in [0.15, 0.2) is 0 Å². The first kappa shape index (κ1) is 13.0. The summed E-state index contributed by atoms with van der Waals surface area (Å²) in [6, 6.07) is 10.7. The van der Waals surface area contributed by atoms with Crippen molar-refractivity contribution in [3.8, 4) is 0 Å². The molecule has 0 aliphatic heterocycles. The predicted octanol–water partition coefficient (Wildman–Crippen LogP) is 3.23. The van der Waals surface area contributed by atoms with E-state index in [9.17, 15) is 4.79 Å². The number of H-pyrrole nitrogens is 1. The minimum Gasteiger partial charge on any atom is -0.399 e. The molecule has 0 fully saturated rings. The van der Waals surface area contributed by atoms with Crippen LogP contribution in [0.4, 0.5) is 17.1 Å². The average Bonchev–Trinajstić information content (AvgIpc) is 2.47. The third kappa shape index (κ3) is 2.64. The molecule has 0 spiro atoms. The van der Waals surface area contributed by atoms with Crippen LogP contribution < -0.4 is 11.3 Å². The molecule has 3 N–H and O–H groups in total. The summed E-state index contributed by atoms with van der Waals surface area (Å²) in [5, 5.41) is 8.84. The third-order valence-corrected chi connectivity index (χ3v) is 3.13. The number of nitrogens with one attached hydrogen (secondary N) is 1. The van der Waals surface area contributed by atoms with E-state index in [1.807, 2.05) is 19.1 Å². The molecule has 0 saturated carbocycles. The topological polar surface area (TPSA) is 96.5 Å². The molecule has 0 atom stereocenters. The Morgan fingerprint density at radius 3 is 2.81 bits per heavy atom. The van der Waals surface area contributed by atoms with Crippen LogP contribution in [0.25, 0.3) is 10.9 Å². The highest BCUT2D eigenvalue weighted by Gasteiger charge is 2.01. The summed E-state index contributed by atoms with van der Waals surface area (Å²) < 4.78 is 0. The monoisotopic (exact) mass is 279 g/mol. The second-order valence-electron chi connectivity index (χ2n) is 4.68. The first-order valence-corrected chi connectivity index (χ1v) is 6.39. The maximum Gasteiger partial charge on any atom is 0.280 e. The van der Waals surface area contributed by atoms with Crippen molar-refractivity contribution in [3.05, 3.63) is 58.6 Å². The zero-order valence-electron chi connectivity index (χ0n) is 11.4. The highest BCUT2D eigenvalue weighted by atomic mass is 16.1. The van der Waals surface area contributed by atoms with Crippen molar-refractivity contribution in [1.82, 2.24) is 9.97 Å². The van der Waals surface area contributed by atoms with E-state index in [0.29, 0.717) is 16.8 Å². The smallest absolute Gasteiger partial charge is 0.280 e. The standard InChI is InChI=1S/C15H13N5O/c1-9-6-10(16)2-4-13(9)20-19-11-3-5-14-12(7-11)15(21)18-8-17-14/h2-8H,16H2,1H3,(H,17,18,21). The second kappa shape index (κ2) is 5.16. The van der Waals surface area contributed by atoms with E-state index in [2.05, 4.69) is 20.2 Å². The molecule has 21 heavy (non-hydrogen) atoms. The summed E-state index contributed by atoms with van der Waals surface area (Å²) in [5.41, 5.74) is 9.10. The van der Waals surface area contributed by atoms with Crippen molar-refractivity contribution in [1.29, 1.82) is 0 Å². The van der Waals surface area contributed by atoms with Crippen LogP contribution in [0.15, 0.2) is 57.7 Å². The van der Waals surface area contributed by atoms with Gasteiger partial charge < -0.3 is 10.7 Å². The lowest BCUT2D eigenvalue weighted by Gasteiger charge is -2.00. The molecule has 0 aliphatic carbocycles. The molecule has 0 bridgehead atoms. The van der Waals surface area contributed by atoms with Crippen LogP contribution in [0.2, 0.25) is 0 Å². The lowest BCUT2D eigenvalue weighted by atomic mass is 10.2. The Labute approximate surface area is 120 Å². The molecular weight excluding hydrogens is 266 g/mol. The quantitative estimate of drug-likeness (QED) is 0.556. The van der Waals surface area contributed by atoms with Crippen molar-refractivity contribution in [2.24, 2.45) is 10.2 Å². The molecule has 3 aromatic rings. The summed E-state index contributed by atoms with van der Waals surface area (Å²) in [4.78, 5) is 18.3. The molecule has 3 rings (SSSR count). The van der Waals surface area contributed by atoms with Crippen LogP contribution in [0.1, 0.15) is 5.56 Å². The maximum atomic E-state index is 11.7. The Morgan fingerprint density at radius 2 is 2.00 bits per heavy atom. The van der Waals surface area contributed by atoms with Gasteiger partial charge in [-0.2, -0.15) is 15.2 Å². The molecule has 0 saturated heterocycles. The highest BCUT2D eigenvalue weighted by Crippen LogP contribution is 2.24. The van der Waals surface area contributed by atoms with Gasteiger partial charge in [-0.3, -0.25) is 4.79 Å². The van der Waals surface area contributed by atoms with Gasteiger partial charge in [0.1, 0.15) is 0 Å². The number of aromatic nitrogens is 2. The Hall–Kier alpha value is -3.02. The first-order valence-electron chi connectivity index (χ1n) is 6.39. The predicted molar refractivity (Wildman–Crippen MR) is 82.1 cm³/mol. The molecule has 2 aromatic carbocycles. The molecular formula is C15H13N5O. The number of anilines is 1. The van der Waals surface area contributed by atoms with Crippen molar-refractivity contribution < 1.29 is 0 Å². The number of hydrogen-bond acceptors (Lipinski definition) is 5. The fourth-order valence-corrected chi connectivity index (χ4v) is 2.03. The van der Waals surface area contributed by atoms with E-state index in [0.717, 1.165) is 16.8 Å². The zero-order valence-corrected chi connectivity index (χ0v) is 11.4. The molecule has 0 unspecified atom stereocenters. The fourth-order valence-electron chi connectivity index (χ4n) is 2.03. The Morgan fingerprint density at radius 1 is 1.14 bits per heavy atom. The van der Waals surface area contributed by atoms with Crippen LogP contribution in [0.3, 0.4) is 0 Å². The van der Waals surface area contributed by atoms with Crippen LogP contribution in [-0.2, 0) is 0 Å². The molecule has 104 valence electrons. The van der Waals surface area contributed by atoms with Gasteiger partial charge in [-0.05, 0) is 48.9 Å². The molecule has 1 heterocycles. The second-order valence-corrected chi connectivity index (χ2v) is 4.68. The molecule has 6 nitrogen and oxygen atoms in total. The number of rotatable bonds is 2. The van der Waals surface area contributed by atoms with Crippen LogP contribution in [0.5, 0.6) is 0 Å². The molecule has 0 radical (unpaired) electrons. The fraction of sp³-hybridized carbons (Fsp3) is 0.0667. The number of aryl methyl sites for hydroxylation is 1. The highest BCUT2D eigenvalue weighted by molar-refractivity contribution is 5.80. The van der Waals surface area contributed by atoms with E-state index in [-0.39, 0.29) is 5.56 Å². The molecule has 0 aliphatic rings. The number of aromatic amines is 1. The molecule has 6 heteroatoms. The van der Waals surface area contributed by atoms with E-state index in [1.54, 1.807) is 24.3 Å². The van der Waals surface area contributed by atoms with Gasteiger partial charge in [0.2, 0.25) is 0 Å². The number of fused-ring (bicyclic) bond motifs is 1.